The monoisotopic (exact) mass is 297 g/mol. The number of rotatable bonds is 3. The fourth-order valence-electron chi connectivity index (χ4n) is 1.24. The summed E-state index contributed by atoms with van der Waals surface area (Å²) in [6, 6.07) is 4.45. The van der Waals surface area contributed by atoms with E-state index in [1.807, 2.05) is 0 Å². The van der Waals surface area contributed by atoms with Crippen LogP contribution < -0.4 is 10.1 Å². The van der Waals surface area contributed by atoms with E-state index in [9.17, 15) is 4.39 Å². The number of hydrogen-bond acceptors (Lipinski definition) is 4. The Labute approximate surface area is 106 Å². The molecule has 1 aromatic carbocycles. The van der Waals surface area contributed by atoms with Crippen LogP contribution in [0.25, 0.3) is 0 Å². The van der Waals surface area contributed by atoms with Gasteiger partial charge in [-0.15, -0.1) is 0 Å². The molecule has 0 aliphatic rings. The third kappa shape index (κ3) is 2.91. The number of methoxy groups -OCH3 is 1. The van der Waals surface area contributed by atoms with Crippen molar-refractivity contribution in [3.05, 3.63) is 40.9 Å². The lowest BCUT2D eigenvalue weighted by Crippen LogP contribution is -1.97. The van der Waals surface area contributed by atoms with Crippen LogP contribution >= 0.6 is 15.9 Å². The summed E-state index contributed by atoms with van der Waals surface area (Å²) in [5, 5.41) is 2.94. The summed E-state index contributed by atoms with van der Waals surface area (Å²) in [5.41, 5.74) is 0.658. The van der Waals surface area contributed by atoms with Gasteiger partial charge in [-0.1, -0.05) is 0 Å². The molecule has 4 nitrogen and oxygen atoms in total. The van der Waals surface area contributed by atoms with Crippen molar-refractivity contribution < 1.29 is 9.13 Å². The first-order valence-corrected chi connectivity index (χ1v) is 5.56. The van der Waals surface area contributed by atoms with Gasteiger partial charge >= 0.3 is 0 Å². The fourth-order valence-corrected chi connectivity index (χ4v) is 1.45. The number of ether oxygens (including phenoxy) is 1. The van der Waals surface area contributed by atoms with Gasteiger partial charge < -0.3 is 10.1 Å². The number of nitrogens with zero attached hydrogens (tertiary/aromatic N) is 2. The van der Waals surface area contributed by atoms with E-state index in [2.05, 4.69) is 31.2 Å². The van der Waals surface area contributed by atoms with Crippen molar-refractivity contribution in [2.45, 2.75) is 0 Å². The van der Waals surface area contributed by atoms with Gasteiger partial charge in [0.1, 0.15) is 0 Å². The highest BCUT2D eigenvalue weighted by Gasteiger charge is 2.04. The maximum absolute atomic E-state index is 13.2. The molecule has 2 rings (SSSR count). The van der Waals surface area contributed by atoms with E-state index < -0.39 is 5.82 Å². The van der Waals surface area contributed by atoms with Crippen LogP contribution in [0.15, 0.2) is 35.1 Å². The molecule has 0 radical (unpaired) electrons. The Bertz CT molecular complexity index is 519. The van der Waals surface area contributed by atoms with E-state index in [-0.39, 0.29) is 5.75 Å². The number of aromatic nitrogens is 2. The van der Waals surface area contributed by atoms with Crippen LogP contribution in [0, 0.1) is 5.82 Å². The molecule has 0 atom stereocenters. The summed E-state index contributed by atoms with van der Waals surface area (Å²) in [6.07, 6.45) is 3.24. The predicted octanol–water partition coefficient (Wildman–Crippen LogP) is 3.13. The largest absolute Gasteiger partial charge is 0.494 e. The molecule has 1 heterocycles. The molecule has 1 N–H and O–H groups in total. The molecule has 0 aliphatic carbocycles. The van der Waals surface area contributed by atoms with Crippen LogP contribution in [0.4, 0.5) is 16.0 Å². The van der Waals surface area contributed by atoms with Crippen LogP contribution in [-0.4, -0.2) is 17.1 Å². The standard InChI is InChI=1S/C11H9BrFN3O/c1-17-10-4-8(2-3-9(10)13)16-11-14-5-7(12)6-15-11/h2-6H,1H3,(H,14,15,16). The molecule has 0 unspecified atom stereocenters. The van der Waals surface area contributed by atoms with Crippen LogP contribution in [0.3, 0.4) is 0 Å². The van der Waals surface area contributed by atoms with Gasteiger partial charge in [-0.3, -0.25) is 0 Å². The highest BCUT2D eigenvalue weighted by Crippen LogP contribution is 2.23. The van der Waals surface area contributed by atoms with Crippen LogP contribution in [-0.2, 0) is 0 Å². The first-order valence-electron chi connectivity index (χ1n) is 4.77. The van der Waals surface area contributed by atoms with Gasteiger partial charge in [-0.25, -0.2) is 14.4 Å². The number of hydrogen-bond donors (Lipinski definition) is 1. The lowest BCUT2D eigenvalue weighted by molar-refractivity contribution is 0.387. The SMILES string of the molecule is COc1cc(Nc2ncc(Br)cn2)ccc1F. The smallest absolute Gasteiger partial charge is 0.227 e. The summed E-state index contributed by atoms with van der Waals surface area (Å²) < 4.78 is 18.8. The zero-order valence-electron chi connectivity index (χ0n) is 8.95. The minimum absolute atomic E-state index is 0.173. The number of benzene rings is 1. The van der Waals surface area contributed by atoms with Crippen molar-refractivity contribution in [2.75, 3.05) is 12.4 Å². The van der Waals surface area contributed by atoms with E-state index >= 15 is 0 Å². The minimum Gasteiger partial charge on any atom is -0.494 e. The topological polar surface area (TPSA) is 47.0 Å². The fraction of sp³-hybridized carbons (Fsp3) is 0.0909. The van der Waals surface area contributed by atoms with E-state index in [4.69, 9.17) is 4.74 Å². The van der Waals surface area contributed by atoms with Crippen LogP contribution in [0.1, 0.15) is 0 Å². The highest BCUT2D eigenvalue weighted by molar-refractivity contribution is 9.10. The van der Waals surface area contributed by atoms with E-state index in [0.29, 0.717) is 11.6 Å². The summed E-state index contributed by atoms with van der Waals surface area (Å²) in [4.78, 5) is 8.10. The average molecular weight is 298 g/mol. The number of nitrogens with one attached hydrogen (secondary N) is 1. The molecule has 6 heteroatoms. The summed E-state index contributed by atoms with van der Waals surface area (Å²) >= 11 is 3.24. The minimum atomic E-state index is -0.408. The Kier molecular flexibility index (Phi) is 3.53. The maximum Gasteiger partial charge on any atom is 0.227 e. The second kappa shape index (κ2) is 5.09. The second-order valence-electron chi connectivity index (χ2n) is 3.20. The zero-order valence-corrected chi connectivity index (χ0v) is 10.5. The van der Waals surface area contributed by atoms with Crippen molar-refractivity contribution in [3.63, 3.8) is 0 Å². The molecule has 0 aliphatic heterocycles. The molecule has 0 fully saturated rings. The Morgan fingerprint density at radius 1 is 1.29 bits per heavy atom. The van der Waals surface area contributed by atoms with Gasteiger partial charge in [-0.2, -0.15) is 0 Å². The predicted molar refractivity (Wildman–Crippen MR) is 66.0 cm³/mol. The molecule has 2 aromatic rings. The lowest BCUT2D eigenvalue weighted by atomic mass is 10.3. The summed E-state index contributed by atoms with van der Waals surface area (Å²) in [7, 11) is 1.42. The van der Waals surface area contributed by atoms with Crippen molar-refractivity contribution in [3.8, 4) is 5.75 Å². The Hall–Kier alpha value is -1.69. The van der Waals surface area contributed by atoms with Crippen molar-refractivity contribution in [1.82, 2.24) is 9.97 Å². The first-order chi connectivity index (χ1) is 8.19. The molecule has 0 spiro atoms. The molecular formula is C11H9BrFN3O. The molecule has 0 bridgehead atoms. The van der Waals surface area contributed by atoms with Gasteiger partial charge in [0.25, 0.3) is 0 Å². The Morgan fingerprint density at radius 2 is 2.00 bits per heavy atom. The van der Waals surface area contributed by atoms with Crippen molar-refractivity contribution in [2.24, 2.45) is 0 Å². The van der Waals surface area contributed by atoms with Crippen LogP contribution in [0.2, 0.25) is 0 Å². The number of anilines is 2. The average Bonchev–Trinajstić information content (AvgIpc) is 2.34. The Morgan fingerprint density at radius 3 is 2.65 bits per heavy atom. The summed E-state index contributed by atoms with van der Waals surface area (Å²) in [5.74, 6) is 0.198. The second-order valence-corrected chi connectivity index (χ2v) is 4.11. The van der Waals surface area contributed by atoms with E-state index in [1.54, 1.807) is 24.5 Å². The van der Waals surface area contributed by atoms with Gasteiger partial charge in [0.2, 0.25) is 5.95 Å². The van der Waals surface area contributed by atoms with Gasteiger partial charge in [0.05, 0.1) is 11.6 Å². The van der Waals surface area contributed by atoms with Crippen LogP contribution in [0.5, 0.6) is 5.75 Å². The van der Waals surface area contributed by atoms with Gasteiger partial charge in [-0.05, 0) is 28.1 Å². The molecule has 1 aromatic heterocycles. The van der Waals surface area contributed by atoms with Crippen molar-refractivity contribution >= 4 is 27.6 Å². The molecule has 0 amide bonds. The van der Waals surface area contributed by atoms with Gasteiger partial charge in [0.15, 0.2) is 11.6 Å². The number of halogens is 2. The summed E-state index contributed by atoms with van der Waals surface area (Å²) in [6.45, 7) is 0. The van der Waals surface area contributed by atoms with E-state index in [1.165, 1.54) is 13.2 Å². The zero-order chi connectivity index (χ0) is 12.3. The lowest BCUT2D eigenvalue weighted by Gasteiger charge is -2.07. The molecule has 17 heavy (non-hydrogen) atoms. The van der Waals surface area contributed by atoms with Crippen molar-refractivity contribution in [1.29, 1.82) is 0 Å². The van der Waals surface area contributed by atoms with E-state index in [0.717, 1.165) is 4.47 Å². The van der Waals surface area contributed by atoms with Gasteiger partial charge in [0, 0.05) is 24.1 Å². The third-order valence-electron chi connectivity index (χ3n) is 2.03. The first kappa shape index (κ1) is 11.8. The Balaban J connectivity index is 2.21. The molecular weight excluding hydrogens is 289 g/mol. The third-order valence-corrected chi connectivity index (χ3v) is 2.44. The normalized spacial score (nSPS) is 10.1. The molecule has 0 saturated heterocycles. The maximum atomic E-state index is 13.2. The quantitative estimate of drug-likeness (QED) is 0.945. The highest BCUT2D eigenvalue weighted by atomic mass is 79.9. The molecule has 88 valence electrons. The molecule has 0 saturated carbocycles.